The molecule has 2 heterocycles. The van der Waals surface area contributed by atoms with E-state index in [0.29, 0.717) is 26.1 Å². The van der Waals surface area contributed by atoms with Gasteiger partial charge in [0.2, 0.25) is 11.8 Å². The molecule has 170 valence electrons. The molecule has 0 N–H and O–H groups in total. The van der Waals surface area contributed by atoms with Crippen molar-refractivity contribution in [3.63, 3.8) is 0 Å². The van der Waals surface area contributed by atoms with Crippen LogP contribution in [0, 0.1) is 0 Å². The first-order valence-corrected chi connectivity index (χ1v) is 11.3. The number of nitrogens with zero attached hydrogens (tertiary/aromatic N) is 3. The van der Waals surface area contributed by atoms with Crippen LogP contribution in [0.5, 0.6) is 5.75 Å². The van der Waals surface area contributed by atoms with E-state index < -0.39 is 6.04 Å². The predicted molar refractivity (Wildman–Crippen MR) is 128 cm³/mol. The average Bonchev–Trinajstić information content (AvgIpc) is 2.86. The van der Waals surface area contributed by atoms with Gasteiger partial charge in [0.25, 0.3) is 0 Å². The van der Waals surface area contributed by atoms with Gasteiger partial charge in [-0.1, -0.05) is 36.4 Å². The molecular weight excluding hydrogens is 414 g/mol. The number of rotatable bonds is 7. The van der Waals surface area contributed by atoms with Crippen molar-refractivity contribution in [2.75, 3.05) is 26.7 Å². The highest BCUT2D eigenvalue weighted by Crippen LogP contribution is 2.22. The van der Waals surface area contributed by atoms with E-state index in [9.17, 15) is 9.59 Å². The molecule has 0 saturated carbocycles. The molecule has 0 bridgehead atoms. The second kappa shape index (κ2) is 10.3. The van der Waals surface area contributed by atoms with Crippen LogP contribution in [-0.2, 0) is 22.4 Å². The molecule has 3 aromatic rings. The standard InChI is InChI=1S/C27H29N3O3/c1-3-29-15-16-30(26(31)19-21-5-4-6-24(17-21)33-2)25(27(29)32)18-20-7-9-22(10-8-20)23-11-13-28-14-12-23/h4-14,17,25H,3,15-16,18-19H2,1-2H3/t25-/m0/s1. The van der Waals surface area contributed by atoms with Crippen molar-refractivity contribution in [2.45, 2.75) is 25.8 Å². The topological polar surface area (TPSA) is 62.7 Å². The Hall–Kier alpha value is -3.67. The van der Waals surface area contributed by atoms with E-state index in [1.54, 1.807) is 24.4 Å². The maximum atomic E-state index is 13.3. The molecule has 2 aromatic carbocycles. The number of hydrogen-bond donors (Lipinski definition) is 0. The number of aromatic nitrogens is 1. The maximum absolute atomic E-state index is 13.3. The molecular formula is C27H29N3O3. The Morgan fingerprint density at radius 1 is 1.00 bits per heavy atom. The number of carbonyl (C=O) groups excluding carboxylic acids is 2. The van der Waals surface area contributed by atoms with Gasteiger partial charge in [0.1, 0.15) is 11.8 Å². The van der Waals surface area contributed by atoms with E-state index in [-0.39, 0.29) is 18.2 Å². The van der Waals surface area contributed by atoms with Crippen LogP contribution in [0.1, 0.15) is 18.1 Å². The average molecular weight is 444 g/mol. The minimum absolute atomic E-state index is 0.0148. The Bertz CT molecular complexity index is 1100. The molecule has 0 radical (unpaired) electrons. The van der Waals surface area contributed by atoms with Crippen LogP contribution in [0.3, 0.4) is 0 Å². The van der Waals surface area contributed by atoms with Gasteiger partial charge in [-0.05, 0) is 53.4 Å². The van der Waals surface area contributed by atoms with Gasteiger partial charge in [-0.15, -0.1) is 0 Å². The van der Waals surface area contributed by atoms with E-state index in [1.165, 1.54) is 0 Å². The Balaban J connectivity index is 1.53. The molecule has 1 aliphatic rings. The smallest absolute Gasteiger partial charge is 0.245 e. The summed E-state index contributed by atoms with van der Waals surface area (Å²) in [7, 11) is 1.61. The second-order valence-corrected chi connectivity index (χ2v) is 8.19. The van der Waals surface area contributed by atoms with Crippen LogP contribution in [0.2, 0.25) is 0 Å². The molecule has 0 aliphatic carbocycles. The number of likely N-dealkylation sites (N-methyl/N-ethyl adjacent to an activating group) is 1. The Morgan fingerprint density at radius 2 is 1.73 bits per heavy atom. The lowest BCUT2D eigenvalue weighted by molar-refractivity contribution is -0.150. The van der Waals surface area contributed by atoms with Gasteiger partial charge in [0.05, 0.1) is 13.5 Å². The van der Waals surface area contributed by atoms with Crippen molar-refractivity contribution in [3.8, 4) is 16.9 Å². The summed E-state index contributed by atoms with van der Waals surface area (Å²) < 4.78 is 5.28. The summed E-state index contributed by atoms with van der Waals surface area (Å²) in [5.74, 6) is 0.699. The lowest BCUT2D eigenvalue weighted by Crippen LogP contribution is -2.59. The minimum atomic E-state index is -0.497. The van der Waals surface area contributed by atoms with Gasteiger partial charge in [-0.2, -0.15) is 0 Å². The third kappa shape index (κ3) is 5.22. The van der Waals surface area contributed by atoms with Crippen LogP contribution >= 0.6 is 0 Å². The molecule has 0 unspecified atom stereocenters. The number of amides is 2. The third-order valence-corrected chi connectivity index (χ3v) is 6.17. The zero-order chi connectivity index (χ0) is 23.2. The molecule has 6 nitrogen and oxygen atoms in total. The van der Waals surface area contributed by atoms with Gasteiger partial charge in [-0.25, -0.2) is 0 Å². The van der Waals surface area contributed by atoms with Crippen molar-refractivity contribution < 1.29 is 14.3 Å². The normalized spacial score (nSPS) is 16.1. The summed E-state index contributed by atoms with van der Waals surface area (Å²) in [6.45, 7) is 3.74. The SMILES string of the molecule is CCN1CCN(C(=O)Cc2cccc(OC)c2)[C@@H](Cc2ccc(-c3ccncc3)cc2)C1=O. The first kappa shape index (κ1) is 22.5. The van der Waals surface area contributed by atoms with Gasteiger partial charge in [0, 0.05) is 38.4 Å². The van der Waals surface area contributed by atoms with Crippen molar-refractivity contribution in [1.82, 2.24) is 14.8 Å². The molecule has 4 rings (SSSR count). The molecule has 33 heavy (non-hydrogen) atoms. The molecule has 1 aliphatic heterocycles. The number of ether oxygens (including phenoxy) is 1. The number of carbonyl (C=O) groups is 2. The van der Waals surface area contributed by atoms with E-state index in [2.05, 4.69) is 17.1 Å². The molecule has 1 saturated heterocycles. The number of methoxy groups -OCH3 is 1. The molecule has 6 heteroatoms. The number of hydrogen-bond acceptors (Lipinski definition) is 4. The van der Waals surface area contributed by atoms with Gasteiger partial charge in [-0.3, -0.25) is 14.6 Å². The van der Waals surface area contributed by atoms with Crippen molar-refractivity contribution in [1.29, 1.82) is 0 Å². The number of pyridine rings is 1. The van der Waals surface area contributed by atoms with E-state index in [4.69, 9.17) is 4.74 Å². The summed E-state index contributed by atoms with van der Waals surface area (Å²) >= 11 is 0. The largest absolute Gasteiger partial charge is 0.497 e. The van der Waals surface area contributed by atoms with Crippen LogP contribution < -0.4 is 4.74 Å². The first-order chi connectivity index (χ1) is 16.1. The third-order valence-electron chi connectivity index (χ3n) is 6.17. The molecule has 1 aromatic heterocycles. The summed E-state index contributed by atoms with van der Waals surface area (Å²) in [5, 5.41) is 0. The fourth-order valence-corrected chi connectivity index (χ4v) is 4.31. The molecule has 2 amide bonds. The lowest BCUT2D eigenvalue weighted by Gasteiger charge is -2.40. The highest BCUT2D eigenvalue weighted by atomic mass is 16.5. The summed E-state index contributed by atoms with van der Waals surface area (Å²) in [5.41, 5.74) is 4.10. The quantitative estimate of drug-likeness (QED) is 0.560. The van der Waals surface area contributed by atoms with E-state index in [1.807, 2.05) is 60.4 Å². The van der Waals surface area contributed by atoms with Crippen molar-refractivity contribution >= 4 is 11.8 Å². The van der Waals surface area contributed by atoms with Crippen LogP contribution in [0.25, 0.3) is 11.1 Å². The summed E-state index contributed by atoms with van der Waals surface area (Å²) in [6, 6.07) is 19.2. The second-order valence-electron chi connectivity index (χ2n) is 8.19. The highest BCUT2D eigenvalue weighted by Gasteiger charge is 2.36. The Labute approximate surface area is 194 Å². The highest BCUT2D eigenvalue weighted by molar-refractivity contribution is 5.90. The van der Waals surface area contributed by atoms with Crippen LogP contribution in [0.15, 0.2) is 73.1 Å². The summed E-state index contributed by atoms with van der Waals surface area (Å²) in [6.07, 6.45) is 4.29. The number of piperazine rings is 1. The first-order valence-electron chi connectivity index (χ1n) is 11.3. The minimum Gasteiger partial charge on any atom is -0.497 e. The Kier molecular flexibility index (Phi) is 7.03. The van der Waals surface area contributed by atoms with Crippen molar-refractivity contribution in [2.24, 2.45) is 0 Å². The fourth-order valence-electron chi connectivity index (χ4n) is 4.31. The van der Waals surface area contributed by atoms with E-state index in [0.717, 1.165) is 28.0 Å². The fraction of sp³-hybridized carbons (Fsp3) is 0.296. The Morgan fingerprint density at radius 3 is 2.42 bits per heavy atom. The van der Waals surface area contributed by atoms with E-state index >= 15 is 0 Å². The lowest BCUT2D eigenvalue weighted by atomic mass is 9.98. The summed E-state index contributed by atoms with van der Waals surface area (Å²) in [4.78, 5) is 34.1. The zero-order valence-electron chi connectivity index (χ0n) is 19.1. The maximum Gasteiger partial charge on any atom is 0.245 e. The van der Waals surface area contributed by atoms with Gasteiger partial charge in [0.15, 0.2) is 0 Å². The molecule has 0 spiro atoms. The molecule has 1 atom stereocenters. The molecule has 1 fully saturated rings. The van der Waals surface area contributed by atoms with Crippen molar-refractivity contribution in [3.05, 3.63) is 84.2 Å². The van der Waals surface area contributed by atoms with Crippen LogP contribution in [0.4, 0.5) is 0 Å². The predicted octanol–water partition coefficient (Wildman–Crippen LogP) is 3.60. The van der Waals surface area contributed by atoms with Gasteiger partial charge >= 0.3 is 0 Å². The van der Waals surface area contributed by atoms with Gasteiger partial charge < -0.3 is 14.5 Å². The number of benzene rings is 2. The zero-order valence-corrected chi connectivity index (χ0v) is 19.1. The van der Waals surface area contributed by atoms with Crippen LogP contribution in [-0.4, -0.2) is 59.4 Å². The monoisotopic (exact) mass is 443 g/mol.